The second-order valence-electron chi connectivity index (χ2n) is 6.63. The Morgan fingerprint density at radius 2 is 1.65 bits per heavy atom. The minimum Gasteiger partial charge on any atom is -0.496 e. The maximum absolute atomic E-state index is 12.8. The number of ether oxygens (including phenoxy) is 2. The predicted molar refractivity (Wildman–Crippen MR) is 101 cm³/mol. The van der Waals surface area contributed by atoms with E-state index < -0.39 is 0 Å². The van der Waals surface area contributed by atoms with Gasteiger partial charge < -0.3 is 19.3 Å². The molecule has 1 aromatic carbocycles. The van der Waals surface area contributed by atoms with Crippen molar-refractivity contribution in [1.29, 1.82) is 0 Å². The highest BCUT2D eigenvalue weighted by Gasteiger charge is 2.23. The van der Waals surface area contributed by atoms with E-state index in [1.54, 1.807) is 14.2 Å². The van der Waals surface area contributed by atoms with Crippen molar-refractivity contribution in [2.24, 2.45) is 0 Å². The average molecular weight is 362 g/mol. The van der Waals surface area contributed by atoms with Gasteiger partial charge in [-0.05, 0) is 25.8 Å². The quantitative estimate of drug-likeness (QED) is 0.780. The number of hydrogen-bond acceptors (Lipinski definition) is 4. The molecule has 6 heteroatoms. The monoisotopic (exact) mass is 362 g/mol. The van der Waals surface area contributed by atoms with Crippen molar-refractivity contribution in [2.45, 2.75) is 39.5 Å². The Balaban J connectivity index is 2.04. The zero-order valence-corrected chi connectivity index (χ0v) is 16.3. The lowest BCUT2D eigenvalue weighted by molar-refractivity contribution is -0.133. The first kappa shape index (κ1) is 20.1. The van der Waals surface area contributed by atoms with Crippen LogP contribution in [0.3, 0.4) is 0 Å². The van der Waals surface area contributed by atoms with Crippen LogP contribution in [0.2, 0.25) is 0 Å². The van der Waals surface area contributed by atoms with E-state index in [0.29, 0.717) is 31.8 Å². The van der Waals surface area contributed by atoms with E-state index in [-0.39, 0.29) is 18.2 Å². The summed E-state index contributed by atoms with van der Waals surface area (Å²) in [6.07, 6.45) is 2.54. The van der Waals surface area contributed by atoms with Crippen molar-refractivity contribution in [1.82, 2.24) is 9.80 Å². The fourth-order valence-corrected chi connectivity index (χ4v) is 3.44. The molecule has 1 heterocycles. The minimum absolute atomic E-state index is 0.0673. The van der Waals surface area contributed by atoms with Gasteiger partial charge in [-0.2, -0.15) is 0 Å². The Bertz CT molecular complexity index is 645. The molecule has 0 unspecified atom stereocenters. The normalized spacial score (nSPS) is 14.8. The van der Waals surface area contributed by atoms with Gasteiger partial charge in [0.05, 0.1) is 20.6 Å². The predicted octanol–water partition coefficient (Wildman–Crippen LogP) is 2.42. The van der Waals surface area contributed by atoms with E-state index in [9.17, 15) is 9.59 Å². The number of carbonyl (C=O) groups excluding carboxylic acids is 2. The number of methoxy groups -OCH3 is 2. The van der Waals surface area contributed by atoms with Crippen LogP contribution in [-0.2, 0) is 16.0 Å². The molecule has 2 amide bonds. The van der Waals surface area contributed by atoms with Gasteiger partial charge in [-0.15, -0.1) is 0 Å². The number of hydrogen-bond donors (Lipinski definition) is 0. The summed E-state index contributed by atoms with van der Waals surface area (Å²) < 4.78 is 10.8. The summed E-state index contributed by atoms with van der Waals surface area (Å²) in [4.78, 5) is 28.6. The van der Waals surface area contributed by atoms with E-state index in [1.807, 2.05) is 35.8 Å². The molecule has 0 atom stereocenters. The van der Waals surface area contributed by atoms with Gasteiger partial charge >= 0.3 is 0 Å². The molecule has 1 aromatic rings. The lowest BCUT2D eigenvalue weighted by atomic mass is 10.0. The van der Waals surface area contributed by atoms with Gasteiger partial charge in [0.1, 0.15) is 11.5 Å². The van der Waals surface area contributed by atoms with Crippen LogP contribution >= 0.6 is 0 Å². The molecule has 2 rings (SSSR count). The molecular weight excluding hydrogens is 332 g/mol. The molecule has 1 aliphatic heterocycles. The Morgan fingerprint density at radius 1 is 1.00 bits per heavy atom. The molecule has 0 aliphatic carbocycles. The van der Waals surface area contributed by atoms with E-state index >= 15 is 0 Å². The summed E-state index contributed by atoms with van der Waals surface area (Å²) in [6.45, 7) is 6.55. The van der Waals surface area contributed by atoms with Gasteiger partial charge in [0.2, 0.25) is 11.8 Å². The summed E-state index contributed by atoms with van der Waals surface area (Å²) >= 11 is 0. The van der Waals surface area contributed by atoms with Crippen LogP contribution in [0.5, 0.6) is 11.5 Å². The second-order valence-corrected chi connectivity index (χ2v) is 6.63. The first-order valence-corrected chi connectivity index (χ1v) is 9.27. The van der Waals surface area contributed by atoms with Crippen LogP contribution in [0.15, 0.2) is 12.1 Å². The summed E-state index contributed by atoms with van der Waals surface area (Å²) in [7, 11) is 3.23. The SMILES string of the molecule is CCCC(=O)N1CCCN(C(=O)Cc2ccc(OC)c(C)c2OC)CC1. The van der Waals surface area contributed by atoms with Crippen molar-refractivity contribution in [3.63, 3.8) is 0 Å². The summed E-state index contributed by atoms with van der Waals surface area (Å²) in [5.41, 5.74) is 1.76. The third-order valence-corrected chi connectivity index (χ3v) is 4.87. The van der Waals surface area contributed by atoms with Crippen LogP contribution in [0, 0.1) is 6.92 Å². The van der Waals surface area contributed by atoms with E-state index in [4.69, 9.17) is 9.47 Å². The molecule has 0 bridgehead atoms. The molecular formula is C20H30N2O4. The molecule has 0 saturated carbocycles. The van der Waals surface area contributed by atoms with Gasteiger partial charge in [-0.25, -0.2) is 0 Å². The largest absolute Gasteiger partial charge is 0.496 e. The maximum Gasteiger partial charge on any atom is 0.227 e. The highest BCUT2D eigenvalue weighted by Crippen LogP contribution is 2.31. The van der Waals surface area contributed by atoms with Crippen LogP contribution in [0.25, 0.3) is 0 Å². The highest BCUT2D eigenvalue weighted by molar-refractivity contribution is 5.80. The van der Waals surface area contributed by atoms with Crippen molar-refractivity contribution >= 4 is 11.8 Å². The molecule has 6 nitrogen and oxygen atoms in total. The van der Waals surface area contributed by atoms with Crippen LogP contribution in [0.1, 0.15) is 37.3 Å². The van der Waals surface area contributed by atoms with E-state index in [2.05, 4.69) is 0 Å². The van der Waals surface area contributed by atoms with Gasteiger partial charge in [0.25, 0.3) is 0 Å². The standard InChI is InChI=1S/C20H30N2O4/c1-5-7-18(23)21-10-6-11-22(13-12-21)19(24)14-16-8-9-17(25-3)15(2)20(16)26-4/h8-9H,5-7,10-14H2,1-4H3. The zero-order valence-electron chi connectivity index (χ0n) is 16.3. The van der Waals surface area contributed by atoms with E-state index in [1.165, 1.54) is 0 Å². The van der Waals surface area contributed by atoms with Crippen molar-refractivity contribution in [3.8, 4) is 11.5 Å². The second kappa shape index (κ2) is 9.46. The van der Waals surface area contributed by atoms with Crippen molar-refractivity contribution in [3.05, 3.63) is 23.3 Å². The number of benzene rings is 1. The fourth-order valence-electron chi connectivity index (χ4n) is 3.44. The van der Waals surface area contributed by atoms with Crippen LogP contribution in [0.4, 0.5) is 0 Å². The first-order chi connectivity index (χ1) is 12.5. The molecule has 1 fully saturated rings. The lowest BCUT2D eigenvalue weighted by Gasteiger charge is -2.23. The average Bonchev–Trinajstić information content (AvgIpc) is 2.88. The Hall–Kier alpha value is -2.24. The minimum atomic E-state index is 0.0673. The van der Waals surface area contributed by atoms with Gasteiger partial charge in [-0.3, -0.25) is 9.59 Å². The topological polar surface area (TPSA) is 59.1 Å². The molecule has 0 spiro atoms. The van der Waals surface area contributed by atoms with Gasteiger partial charge in [0.15, 0.2) is 0 Å². The fraction of sp³-hybridized carbons (Fsp3) is 0.600. The molecule has 1 saturated heterocycles. The third kappa shape index (κ3) is 4.68. The number of carbonyl (C=O) groups is 2. The highest BCUT2D eigenvalue weighted by atomic mass is 16.5. The third-order valence-electron chi connectivity index (χ3n) is 4.87. The summed E-state index contributed by atoms with van der Waals surface area (Å²) in [6, 6.07) is 3.76. The van der Waals surface area contributed by atoms with Crippen molar-refractivity contribution < 1.29 is 19.1 Å². The molecule has 26 heavy (non-hydrogen) atoms. The Labute approximate surface area is 156 Å². The number of nitrogens with zero attached hydrogens (tertiary/aromatic N) is 2. The Kier molecular flexibility index (Phi) is 7.30. The molecule has 144 valence electrons. The smallest absolute Gasteiger partial charge is 0.227 e. The summed E-state index contributed by atoms with van der Waals surface area (Å²) in [5.74, 6) is 1.71. The van der Waals surface area contributed by atoms with Crippen LogP contribution < -0.4 is 9.47 Å². The van der Waals surface area contributed by atoms with Crippen LogP contribution in [-0.4, -0.2) is 62.0 Å². The Morgan fingerprint density at radius 3 is 2.23 bits per heavy atom. The molecule has 0 N–H and O–H groups in total. The van der Waals surface area contributed by atoms with Crippen molar-refractivity contribution in [2.75, 3.05) is 40.4 Å². The van der Waals surface area contributed by atoms with Gasteiger partial charge in [-0.1, -0.05) is 13.0 Å². The van der Waals surface area contributed by atoms with Gasteiger partial charge in [0, 0.05) is 43.7 Å². The maximum atomic E-state index is 12.8. The summed E-state index contributed by atoms with van der Waals surface area (Å²) in [5, 5.41) is 0. The molecule has 0 aromatic heterocycles. The zero-order chi connectivity index (χ0) is 19.1. The lowest BCUT2D eigenvalue weighted by Crippen LogP contribution is -2.37. The molecule has 1 aliphatic rings. The van der Waals surface area contributed by atoms with E-state index in [0.717, 1.165) is 36.3 Å². The number of amides is 2. The molecule has 0 radical (unpaired) electrons. The first-order valence-electron chi connectivity index (χ1n) is 9.27. The number of rotatable bonds is 6.